The average molecular weight is 855 g/mol. The summed E-state index contributed by atoms with van der Waals surface area (Å²) in [6.45, 7) is 0. The predicted molar refractivity (Wildman–Crippen MR) is 275 cm³/mol. The Hall–Kier alpha value is -9.06. The second kappa shape index (κ2) is 15.9. The summed E-state index contributed by atoms with van der Waals surface area (Å²) in [4.78, 5) is 20.7. The zero-order chi connectivity index (χ0) is 44.3. The summed E-state index contributed by atoms with van der Waals surface area (Å²) in [6.07, 6.45) is 0. The number of fused-ring (bicyclic) bond motifs is 7. The van der Waals surface area contributed by atoms with Gasteiger partial charge in [-0.15, -0.1) is 0 Å². The van der Waals surface area contributed by atoms with Crippen molar-refractivity contribution in [1.82, 2.24) is 19.9 Å². The fourth-order valence-corrected chi connectivity index (χ4v) is 9.79. The summed E-state index contributed by atoms with van der Waals surface area (Å²) < 4.78 is 6.71. The van der Waals surface area contributed by atoms with Crippen LogP contribution in [0, 0.1) is 0 Å². The fourth-order valence-electron chi connectivity index (χ4n) is 9.79. The van der Waals surface area contributed by atoms with Crippen molar-refractivity contribution in [3.8, 4) is 78.8 Å². The van der Waals surface area contributed by atoms with Crippen molar-refractivity contribution in [1.29, 1.82) is 0 Å². The number of aromatic nitrogens is 4. The third-order valence-electron chi connectivity index (χ3n) is 12.9. The minimum absolute atomic E-state index is 0.618. The van der Waals surface area contributed by atoms with Crippen molar-refractivity contribution in [2.45, 2.75) is 0 Å². The van der Waals surface area contributed by atoms with Gasteiger partial charge in [0.2, 0.25) is 0 Å². The highest BCUT2D eigenvalue weighted by molar-refractivity contribution is 6.28. The molecule has 0 fully saturated rings. The quantitative estimate of drug-likeness (QED) is 0.149. The molecule has 5 nitrogen and oxygen atoms in total. The molecule has 0 saturated carbocycles. The first-order chi connectivity index (χ1) is 33.2. The minimum atomic E-state index is 0.618. The van der Waals surface area contributed by atoms with Crippen LogP contribution < -0.4 is 0 Å². The largest absolute Gasteiger partial charge is 0.456 e. The number of rotatable bonds is 7. The van der Waals surface area contributed by atoms with Gasteiger partial charge in [0.25, 0.3) is 0 Å². The van der Waals surface area contributed by atoms with Gasteiger partial charge in [0.15, 0.2) is 17.5 Å². The second-order valence-electron chi connectivity index (χ2n) is 16.9. The molecule has 10 aromatic carbocycles. The smallest absolute Gasteiger partial charge is 0.164 e. The Labute approximate surface area is 386 Å². The molecule has 67 heavy (non-hydrogen) atoms. The third-order valence-corrected chi connectivity index (χ3v) is 12.9. The molecule has 0 atom stereocenters. The Bertz CT molecular complexity index is 4020. The number of nitrogens with zero attached hydrogens (tertiary/aromatic N) is 4. The molecule has 0 aliphatic rings. The van der Waals surface area contributed by atoms with Crippen molar-refractivity contribution in [2.75, 3.05) is 0 Å². The standard InChI is InChI=1S/C62H38N4O/c1-4-17-39(18-5-1)40-31-33-43(34-32-40)61-64-60(42-21-8-3-9-22-42)65-62(66-61)49-36-35-46(47-25-10-11-26-48(47)49)44-23-16-24-45(37-44)56-57-50-27-12-14-29-53(50)63-59(41-19-6-2-7-20-41)52(57)38-55-58(56)51-28-13-15-30-54(51)67-55/h1-38H. The van der Waals surface area contributed by atoms with Gasteiger partial charge in [-0.25, -0.2) is 19.9 Å². The SMILES string of the molecule is c1ccc(-c2ccc(-c3nc(-c4ccccc4)nc(-c4ccc(-c5cccc(-c6c7c(cc8c(-c9ccccc9)nc9ccccc9c68)oc6ccccc67)c5)c5ccccc45)n3)cc2)cc1. The van der Waals surface area contributed by atoms with E-state index in [4.69, 9.17) is 24.4 Å². The highest BCUT2D eigenvalue weighted by Gasteiger charge is 2.23. The minimum Gasteiger partial charge on any atom is -0.456 e. The number of pyridine rings is 1. The van der Waals surface area contributed by atoms with Crippen LogP contribution in [-0.4, -0.2) is 19.9 Å². The Morgan fingerprint density at radius 3 is 1.51 bits per heavy atom. The molecule has 0 saturated heterocycles. The van der Waals surface area contributed by atoms with Gasteiger partial charge in [-0.1, -0.05) is 200 Å². The lowest BCUT2D eigenvalue weighted by Crippen LogP contribution is -2.00. The van der Waals surface area contributed by atoms with Gasteiger partial charge >= 0.3 is 0 Å². The Morgan fingerprint density at radius 2 is 0.776 bits per heavy atom. The van der Waals surface area contributed by atoms with E-state index in [1.54, 1.807) is 0 Å². The van der Waals surface area contributed by atoms with Crippen LogP contribution in [-0.2, 0) is 0 Å². The molecule has 3 heterocycles. The highest BCUT2D eigenvalue weighted by Crippen LogP contribution is 2.47. The number of para-hydroxylation sites is 2. The third kappa shape index (κ3) is 6.64. The van der Waals surface area contributed by atoms with Gasteiger partial charge in [-0.05, 0) is 68.9 Å². The van der Waals surface area contributed by atoms with Gasteiger partial charge in [-0.3, -0.25) is 0 Å². The molecule has 0 spiro atoms. The predicted octanol–water partition coefficient (Wildman–Crippen LogP) is 16.3. The molecule has 312 valence electrons. The first kappa shape index (κ1) is 38.4. The Kier molecular flexibility index (Phi) is 9.10. The van der Waals surface area contributed by atoms with Crippen molar-refractivity contribution < 1.29 is 4.42 Å². The zero-order valence-corrected chi connectivity index (χ0v) is 36.1. The van der Waals surface area contributed by atoms with Crippen molar-refractivity contribution >= 4 is 54.4 Å². The van der Waals surface area contributed by atoms with Crippen molar-refractivity contribution in [2.24, 2.45) is 0 Å². The highest BCUT2D eigenvalue weighted by atomic mass is 16.3. The zero-order valence-electron chi connectivity index (χ0n) is 36.1. The van der Waals surface area contributed by atoms with Crippen LogP contribution in [0.2, 0.25) is 0 Å². The van der Waals surface area contributed by atoms with Crippen molar-refractivity contribution in [3.63, 3.8) is 0 Å². The lowest BCUT2D eigenvalue weighted by atomic mass is 9.88. The van der Waals surface area contributed by atoms with Crippen LogP contribution >= 0.6 is 0 Å². The number of hydrogen-bond donors (Lipinski definition) is 0. The Balaban J connectivity index is 1.00. The summed E-state index contributed by atoms with van der Waals surface area (Å²) in [6, 6.07) is 80.5. The van der Waals surface area contributed by atoms with Gasteiger partial charge in [0.1, 0.15) is 11.2 Å². The number of furan rings is 1. The van der Waals surface area contributed by atoms with Gasteiger partial charge in [-0.2, -0.15) is 0 Å². The molecule has 0 unspecified atom stereocenters. The lowest BCUT2D eigenvalue weighted by molar-refractivity contribution is 0.669. The van der Waals surface area contributed by atoms with Gasteiger partial charge in [0, 0.05) is 54.7 Å². The van der Waals surface area contributed by atoms with Crippen LogP contribution in [0.5, 0.6) is 0 Å². The average Bonchev–Trinajstić information content (AvgIpc) is 3.78. The lowest BCUT2D eigenvalue weighted by Gasteiger charge is -2.17. The molecule has 13 aromatic rings. The van der Waals surface area contributed by atoms with Crippen molar-refractivity contribution in [3.05, 3.63) is 231 Å². The molecular formula is C62H38N4O. The van der Waals surface area contributed by atoms with Crippen LogP contribution in [0.25, 0.3) is 133 Å². The van der Waals surface area contributed by atoms with Crippen LogP contribution in [0.4, 0.5) is 0 Å². The second-order valence-corrected chi connectivity index (χ2v) is 16.9. The van der Waals surface area contributed by atoms with Crippen LogP contribution in [0.15, 0.2) is 235 Å². The van der Waals surface area contributed by atoms with E-state index in [0.717, 1.165) is 116 Å². The summed E-state index contributed by atoms with van der Waals surface area (Å²) in [7, 11) is 0. The summed E-state index contributed by atoms with van der Waals surface area (Å²) in [5.74, 6) is 1.86. The maximum Gasteiger partial charge on any atom is 0.164 e. The first-order valence-corrected chi connectivity index (χ1v) is 22.5. The summed E-state index contributed by atoms with van der Waals surface area (Å²) >= 11 is 0. The first-order valence-electron chi connectivity index (χ1n) is 22.5. The van der Waals surface area contributed by atoms with E-state index in [9.17, 15) is 0 Å². The monoisotopic (exact) mass is 854 g/mol. The van der Waals surface area contributed by atoms with E-state index in [2.05, 4.69) is 182 Å². The van der Waals surface area contributed by atoms with E-state index >= 15 is 0 Å². The molecule has 0 aliphatic heterocycles. The van der Waals surface area contributed by atoms with E-state index in [-0.39, 0.29) is 0 Å². The van der Waals surface area contributed by atoms with E-state index in [1.807, 2.05) is 48.5 Å². The summed E-state index contributed by atoms with van der Waals surface area (Å²) in [5, 5.41) is 7.62. The molecule has 5 heteroatoms. The van der Waals surface area contributed by atoms with E-state index < -0.39 is 0 Å². The number of benzene rings is 10. The van der Waals surface area contributed by atoms with Crippen LogP contribution in [0.1, 0.15) is 0 Å². The Morgan fingerprint density at radius 1 is 0.269 bits per heavy atom. The molecule has 0 radical (unpaired) electrons. The summed E-state index contributed by atoms with van der Waals surface area (Å²) in [5.41, 5.74) is 14.1. The molecular weight excluding hydrogens is 817 g/mol. The molecule has 0 N–H and O–H groups in total. The van der Waals surface area contributed by atoms with Gasteiger partial charge < -0.3 is 4.42 Å². The molecule has 0 aliphatic carbocycles. The maximum absolute atomic E-state index is 6.71. The van der Waals surface area contributed by atoms with E-state index in [0.29, 0.717) is 17.5 Å². The van der Waals surface area contributed by atoms with Crippen LogP contribution in [0.3, 0.4) is 0 Å². The van der Waals surface area contributed by atoms with Gasteiger partial charge in [0.05, 0.1) is 11.2 Å². The van der Waals surface area contributed by atoms with E-state index in [1.165, 1.54) is 0 Å². The molecule has 3 aromatic heterocycles. The fraction of sp³-hybridized carbons (Fsp3) is 0. The normalized spacial score (nSPS) is 11.6. The maximum atomic E-state index is 6.71. The topological polar surface area (TPSA) is 64.7 Å². The molecule has 0 amide bonds. The molecule has 0 bridgehead atoms. The molecule has 13 rings (SSSR count). The number of hydrogen-bond acceptors (Lipinski definition) is 5.